The van der Waals surface area contributed by atoms with Gasteiger partial charge in [-0.05, 0) is 18.2 Å². The van der Waals surface area contributed by atoms with Crippen molar-refractivity contribution in [1.82, 2.24) is 14.7 Å². The summed E-state index contributed by atoms with van der Waals surface area (Å²) in [6.07, 6.45) is 11.5. The van der Waals surface area contributed by atoms with Gasteiger partial charge >= 0.3 is 0 Å². The summed E-state index contributed by atoms with van der Waals surface area (Å²) in [5.74, 6) is 0.787. The number of hydrogen-bond acceptors (Lipinski definition) is 4. The van der Waals surface area contributed by atoms with E-state index in [1.54, 1.807) is 12.3 Å². The number of piperazine rings is 1. The maximum atomic E-state index is 5.98. The summed E-state index contributed by atoms with van der Waals surface area (Å²) in [6.45, 7) is 15.2. The van der Waals surface area contributed by atoms with Gasteiger partial charge < -0.3 is 20.4 Å². The molecule has 0 aromatic rings. The summed E-state index contributed by atoms with van der Waals surface area (Å²) in [5.41, 5.74) is 8.11. The molecule has 0 spiro atoms. The molecule has 2 rings (SSSR count). The van der Waals surface area contributed by atoms with E-state index in [1.165, 1.54) is 5.70 Å². The average molecular weight is 270 g/mol. The van der Waals surface area contributed by atoms with Crippen molar-refractivity contribution in [1.29, 1.82) is 0 Å². The van der Waals surface area contributed by atoms with Gasteiger partial charge in [-0.3, -0.25) is 0 Å². The van der Waals surface area contributed by atoms with Crippen molar-refractivity contribution in [3.63, 3.8) is 0 Å². The van der Waals surface area contributed by atoms with Gasteiger partial charge in [0.05, 0.1) is 5.82 Å². The fourth-order valence-electron chi connectivity index (χ4n) is 2.37. The molecule has 0 aliphatic carbocycles. The zero-order valence-corrected chi connectivity index (χ0v) is 11.8. The van der Waals surface area contributed by atoms with Crippen LogP contribution in [-0.4, -0.2) is 40.9 Å². The molecule has 106 valence electrons. The van der Waals surface area contributed by atoms with Crippen LogP contribution in [0.5, 0.6) is 0 Å². The van der Waals surface area contributed by atoms with Gasteiger partial charge in [0, 0.05) is 50.0 Å². The number of allylic oxidation sites excluding steroid dienone is 4. The summed E-state index contributed by atoms with van der Waals surface area (Å²) in [4.78, 5) is 6.43. The van der Waals surface area contributed by atoms with Crippen molar-refractivity contribution in [3.05, 3.63) is 73.7 Å². The second-order valence-corrected chi connectivity index (χ2v) is 4.77. The smallest absolute Gasteiger partial charge is 0.0987 e. The summed E-state index contributed by atoms with van der Waals surface area (Å²) in [6, 6.07) is 0. The van der Waals surface area contributed by atoms with Gasteiger partial charge in [0.25, 0.3) is 0 Å². The van der Waals surface area contributed by atoms with Crippen LogP contribution >= 0.6 is 0 Å². The third-order valence-corrected chi connectivity index (χ3v) is 3.55. The Kier molecular flexibility index (Phi) is 4.35. The lowest BCUT2D eigenvalue weighted by atomic mass is 10.2. The topological polar surface area (TPSA) is 35.7 Å². The molecule has 4 heteroatoms. The molecule has 0 bridgehead atoms. The predicted molar refractivity (Wildman–Crippen MR) is 84.0 cm³/mol. The summed E-state index contributed by atoms with van der Waals surface area (Å²) in [5, 5.41) is 0. The zero-order chi connectivity index (χ0) is 14.5. The van der Waals surface area contributed by atoms with Crippen molar-refractivity contribution in [2.45, 2.75) is 0 Å². The van der Waals surface area contributed by atoms with Crippen LogP contribution in [0.15, 0.2) is 73.7 Å². The highest BCUT2D eigenvalue weighted by Gasteiger charge is 2.19. The molecular formula is C16H22N4. The first-order chi connectivity index (χ1) is 9.65. The SMILES string of the molecule is C=C/C=C(\N)N1CCN(C2=CC(=C)N(C=C)C=C2)CC1. The van der Waals surface area contributed by atoms with Crippen molar-refractivity contribution < 1.29 is 0 Å². The Hall–Kier alpha value is -2.36. The summed E-state index contributed by atoms with van der Waals surface area (Å²) < 4.78 is 0. The van der Waals surface area contributed by atoms with Crippen LogP contribution in [0, 0.1) is 0 Å². The first-order valence-electron chi connectivity index (χ1n) is 6.73. The molecule has 4 nitrogen and oxygen atoms in total. The normalized spacial score (nSPS) is 20.0. The van der Waals surface area contributed by atoms with E-state index >= 15 is 0 Å². The maximum absolute atomic E-state index is 5.98. The van der Waals surface area contributed by atoms with Crippen molar-refractivity contribution in [2.75, 3.05) is 26.2 Å². The fraction of sp³-hybridized carbons (Fsp3) is 0.250. The van der Waals surface area contributed by atoms with E-state index < -0.39 is 0 Å². The highest BCUT2D eigenvalue weighted by atomic mass is 15.3. The Labute approximate surface area is 121 Å². The van der Waals surface area contributed by atoms with Gasteiger partial charge in [-0.2, -0.15) is 0 Å². The molecular weight excluding hydrogens is 248 g/mol. The van der Waals surface area contributed by atoms with Crippen LogP contribution < -0.4 is 5.73 Å². The molecule has 0 saturated carbocycles. The third kappa shape index (κ3) is 2.96. The quantitative estimate of drug-likeness (QED) is 0.792. The number of hydrogen-bond donors (Lipinski definition) is 1. The summed E-state index contributed by atoms with van der Waals surface area (Å²) >= 11 is 0. The van der Waals surface area contributed by atoms with Crippen LogP contribution in [0.3, 0.4) is 0 Å². The molecule has 0 aromatic heterocycles. The zero-order valence-electron chi connectivity index (χ0n) is 11.8. The molecule has 2 heterocycles. The minimum absolute atomic E-state index is 0.787. The van der Waals surface area contributed by atoms with Crippen molar-refractivity contribution in [2.24, 2.45) is 5.73 Å². The van der Waals surface area contributed by atoms with Gasteiger partial charge in [-0.1, -0.05) is 25.8 Å². The van der Waals surface area contributed by atoms with Gasteiger partial charge in [0.15, 0.2) is 0 Å². The lowest BCUT2D eigenvalue weighted by molar-refractivity contribution is 0.193. The molecule has 2 N–H and O–H groups in total. The lowest BCUT2D eigenvalue weighted by Gasteiger charge is -2.38. The minimum Gasteiger partial charge on any atom is -0.385 e. The van der Waals surface area contributed by atoms with E-state index in [4.69, 9.17) is 5.73 Å². The molecule has 20 heavy (non-hydrogen) atoms. The highest BCUT2D eigenvalue weighted by Crippen LogP contribution is 2.20. The Bertz CT molecular complexity index is 491. The van der Waals surface area contributed by atoms with Crippen LogP contribution in [0.25, 0.3) is 0 Å². The van der Waals surface area contributed by atoms with E-state index in [9.17, 15) is 0 Å². The van der Waals surface area contributed by atoms with E-state index in [0.717, 1.165) is 37.7 Å². The number of nitrogens with zero attached hydrogens (tertiary/aromatic N) is 3. The van der Waals surface area contributed by atoms with E-state index in [0.29, 0.717) is 0 Å². The first kappa shape index (κ1) is 14.1. The Morgan fingerprint density at radius 3 is 2.45 bits per heavy atom. The third-order valence-electron chi connectivity index (χ3n) is 3.55. The molecule has 1 saturated heterocycles. The highest BCUT2D eigenvalue weighted by molar-refractivity contribution is 5.34. The van der Waals surface area contributed by atoms with Crippen LogP contribution in [0.4, 0.5) is 0 Å². The van der Waals surface area contributed by atoms with Crippen LogP contribution in [-0.2, 0) is 0 Å². The van der Waals surface area contributed by atoms with Crippen molar-refractivity contribution in [3.8, 4) is 0 Å². The van der Waals surface area contributed by atoms with E-state index in [-0.39, 0.29) is 0 Å². The summed E-state index contributed by atoms with van der Waals surface area (Å²) in [7, 11) is 0. The Balaban J connectivity index is 1.97. The van der Waals surface area contributed by atoms with E-state index in [2.05, 4.69) is 41.7 Å². The standard InChI is InChI=1S/C16H22N4/c1-4-6-16(17)20-11-9-19(10-12-20)15-7-8-18(5-2)14(3)13-15/h4-8,13H,1-3,9-12,17H2/b16-6+. The van der Waals surface area contributed by atoms with Gasteiger partial charge in [0.2, 0.25) is 0 Å². The first-order valence-corrected chi connectivity index (χ1v) is 6.73. The molecule has 0 radical (unpaired) electrons. The van der Waals surface area contributed by atoms with Gasteiger partial charge in [-0.15, -0.1) is 0 Å². The Morgan fingerprint density at radius 2 is 1.90 bits per heavy atom. The van der Waals surface area contributed by atoms with E-state index in [1.807, 2.05) is 17.2 Å². The maximum Gasteiger partial charge on any atom is 0.0987 e. The second-order valence-electron chi connectivity index (χ2n) is 4.77. The predicted octanol–water partition coefficient (Wildman–Crippen LogP) is 1.96. The van der Waals surface area contributed by atoms with Gasteiger partial charge in [0.1, 0.15) is 0 Å². The van der Waals surface area contributed by atoms with Crippen molar-refractivity contribution >= 4 is 0 Å². The number of nitrogens with two attached hydrogens (primary N) is 1. The lowest BCUT2D eigenvalue weighted by Crippen LogP contribution is -2.46. The monoisotopic (exact) mass is 270 g/mol. The molecule has 2 aliphatic rings. The average Bonchev–Trinajstić information content (AvgIpc) is 2.47. The fourth-order valence-corrected chi connectivity index (χ4v) is 2.37. The molecule has 0 unspecified atom stereocenters. The second kappa shape index (κ2) is 6.19. The minimum atomic E-state index is 0.787. The molecule has 2 aliphatic heterocycles. The van der Waals surface area contributed by atoms with Crippen LogP contribution in [0.1, 0.15) is 0 Å². The number of rotatable bonds is 4. The molecule has 0 atom stereocenters. The Morgan fingerprint density at radius 1 is 1.20 bits per heavy atom. The molecule has 1 fully saturated rings. The molecule has 0 aromatic carbocycles. The largest absolute Gasteiger partial charge is 0.385 e. The van der Waals surface area contributed by atoms with Crippen LogP contribution in [0.2, 0.25) is 0 Å². The van der Waals surface area contributed by atoms with Gasteiger partial charge in [-0.25, -0.2) is 0 Å². The molecule has 0 amide bonds.